The molecule has 3 aliphatic rings. The predicted molar refractivity (Wildman–Crippen MR) is 85.0 cm³/mol. The van der Waals surface area contributed by atoms with Gasteiger partial charge in [-0.15, -0.1) is 0 Å². The Hall–Kier alpha value is -1.59. The molecule has 124 valence electrons. The highest BCUT2D eigenvalue weighted by Crippen LogP contribution is 2.64. The van der Waals surface area contributed by atoms with Gasteiger partial charge in [0.25, 0.3) is 0 Å². The molecule has 1 heterocycles. The first-order valence-corrected chi connectivity index (χ1v) is 8.13. The fourth-order valence-corrected chi connectivity index (χ4v) is 5.51. The monoisotopic (exact) mass is 317 g/mol. The number of nitrogens with one attached hydrogen (secondary N) is 1. The number of hydrogen-bond acceptors (Lipinski definition) is 5. The van der Waals surface area contributed by atoms with Crippen molar-refractivity contribution in [2.75, 3.05) is 14.2 Å². The van der Waals surface area contributed by atoms with Gasteiger partial charge in [-0.25, -0.2) is 0 Å². The molecule has 1 aromatic rings. The van der Waals surface area contributed by atoms with Gasteiger partial charge in [0.2, 0.25) is 0 Å². The Morgan fingerprint density at radius 2 is 2.13 bits per heavy atom. The number of benzene rings is 1. The Balaban J connectivity index is 2.10. The van der Waals surface area contributed by atoms with Crippen LogP contribution in [0.2, 0.25) is 0 Å². The molecule has 0 saturated heterocycles. The van der Waals surface area contributed by atoms with E-state index in [4.69, 9.17) is 9.47 Å². The summed E-state index contributed by atoms with van der Waals surface area (Å²) >= 11 is 0. The molecular weight excluding hydrogens is 294 g/mol. The highest BCUT2D eigenvalue weighted by Gasteiger charge is 2.72. The van der Waals surface area contributed by atoms with Crippen molar-refractivity contribution >= 4 is 5.78 Å². The molecule has 23 heavy (non-hydrogen) atoms. The van der Waals surface area contributed by atoms with Crippen LogP contribution in [-0.2, 0) is 21.4 Å². The van der Waals surface area contributed by atoms with E-state index in [0.717, 1.165) is 17.5 Å². The van der Waals surface area contributed by atoms with Gasteiger partial charge in [-0.05, 0) is 45.4 Å². The van der Waals surface area contributed by atoms with Crippen molar-refractivity contribution in [3.05, 3.63) is 23.3 Å². The average Bonchev–Trinajstić information content (AvgIpc) is 2.86. The van der Waals surface area contributed by atoms with Gasteiger partial charge in [0, 0.05) is 24.6 Å². The molecule has 5 heteroatoms. The van der Waals surface area contributed by atoms with Crippen molar-refractivity contribution in [2.45, 2.75) is 55.8 Å². The number of ketones is 1. The summed E-state index contributed by atoms with van der Waals surface area (Å²) in [6.07, 6.45) is 1.23. The number of aromatic hydroxyl groups is 1. The van der Waals surface area contributed by atoms with E-state index in [2.05, 4.69) is 19.2 Å². The van der Waals surface area contributed by atoms with Crippen LogP contribution in [0.4, 0.5) is 0 Å². The second-order valence-electron chi connectivity index (χ2n) is 7.40. The van der Waals surface area contributed by atoms with E-state index in [-0.39, 0.29) is 17.1 Å². The second kappa shape index (κ2) is 4.28. The molecule has 2 aliphatic carbocycles. The highest BCUT2D eigenvalue weighted by molar-refractivity contribution is 5.90. The van der Waals surface area contributed by atoms with E-state index in [1.165, 1.54) is 0 Å². The average molecular weight is 317 g/mol. The lowest BCUT2D eigenvalue weighted by Crippen LogP contribution is -2.77. The number of hydrogen-bond donors (Lipinski definition) is 2. The zero-order chi connectivity index (χ0) is 16.6. The summed E-state index contributed by atoms with van der Waals surface area (Å²) in [5, 5.41) is 13.7. The summed E-state index contributed by atoms with van der Waals surface area (Å²) in [5.74, 6) is 0.650. The smallest absolute Gasteiger partial charge is 0.174 e. The van der Waals surface area contributed by atoms with Gasteiger partial charge in [0.1, 0.15) is 0 Å². The van der Waals surface area contributed by atoms with Crippen molar-refractivity contribution in [3.63, 3.8) is 0 Å². The van der Waals surface area contributed by atoms with E-state index in [1.807, 2.05) is 13.1 Å². The summed E-state index contributed by atoms with van der Waals surface area (Å²) in [6.45, 7) is 4.21. The largest absolute Gasteiger partial charge is 0.504 e. The maximum absolute atomic E-state index is 12.6. The van der Waals surface area contributed by atoms with Gasteiger partial charge in [0.05, 0.1) is 11.0 Å². The van der Waals surface area contributed by atoms with E-state index >= 15 is 0 Å². The SMILES string of the molecule is CNC1(C)Cc2ccc(O)c3c2C2(C)[C@@H](O3)C(=O)CC[C@@]12OC. The van der Waals surface area contributed by atoms with E-state index < -0.39 is 17.1 Å². The highest BCUT2D eigenvalue weighted by atomic mass is 16.5. The van der Waals surface area contributed by atoms with Gasteiger partial charge in [-0.2, -0.15) is 0 Å². The number of carbonyl (C=O) groups is 1. The summed E-state index contributed by atoms with van der Waals surface area (Å²) in [7, 11) is 3.66. The third kappa shape index (κ3) is 1.40. The fraction of sp³-hybridized carbons (Fsp3) is 0.611. The van der Waals surface area contributed by atoms with Crippen LogP contribution in [0.3, 0.4) is 0 Å². The zero-order valence-electron chi connectivity index (χ0n) is 14.0. The van der Waals surface area contributed by atoms with Crippen LogP contribution in [0.5, 0.6) is 11.5 Å². The van der Waals surface area contributed by atoms with Crippen molar-refractivity contribution in [2.24, 2.45) is 0 Å². The molecule has 4 atom stereocenters. The summed E-state index contributed by atoms with van der Waals surface area (Å²) in [4.78, 5) is 12.6. The standard InChI is InChI=1S/C18H23NO4/c1-16(19-3)9-10-5-6-11(20)14-13(10)17(2)15(23-14)12(21)7-8-18(16,17)22-4/h5-6,15,19-20H,7-9H2,1-4H3/t15-,16?,17?,18+/m0/s1. The Morgan fingerprint density at radius 1 is 1.39 bits per heavy atom. The first-order valence-electron chi connectivity index (χ1n) is 8.13. The van der Waals surface area contributed by atoms with Crippen LogP contribution in [-0.4, -0.2) is 42.3 Å². The fourth-order valence-electron chi connectivity index (χ4n) is 5.51. The molecule has 1 fully saturated rings. The van der Waals surface area contributed by atoms with Crippen LogP contribution in [0.15, 0.2) is 12.1 Å². The Labute approximate surface area is 136 Å². The predicted octanol–water partition coefficient (Wildman–Crippen LogP) is 1.69. The molecule has 4 rings (SSSR count). The van der Waals surface area contributed by atoms with Crippen LogP contribution in [0, 0.1) is 0 Å². The quantitative estimate of drug-likeness (QED) is 0.869. The minimum atomic E-state index is -0.615. The van der Waals surface area contributed by atoms with Crippen LogP contribution in [0.25, 0.3) is 0 Å². The van der Waals surface area contributed by atoms with Gasteiger partial charge in [-0.3, -0.25) is 4.79 Å². The van der Waals surface area contributed by atoms with Gasteiger partial charge in [-0.1, -0.05) is 6.07 Å². The molecule has 0 amide bonds. The molecule has 0 spiro atoms. The normalized spacial score (nSPS) is 40.7. The first-order chi connectivity index (χ1) is 10.8. The van der Waals surface area contributed by atoms with Crippen molar-refractivity contribution in [1.29, 1.82) is 0 Å². The third-order valence-electron chi connectivity index (χ3n) is 6.69. The lowest BCUT2D eigenvalue weighted by Gasteiger charge is -2.61. The maximum Gasteiger partial charge on any atom is 0.174 e. The van der Waals surface area contributed by atoms with Crippen molar-refractivity contribution < 1.29 is 19.4 Å². The van der Waals surface area contributed by atoms with Crippen molar-refractivity contribution in [3.8, 4) is 11.5 Å². The topological polar surface area (TPSA) is 67.8 Å². The summed E-state index contributed by atoms with van der Waals surface area (Å²) in [5.41, 5.74) is 0.549. The number of rotatable bonds is 2. The van der Waals surface area contributed by atoms with E-state index in [1.54, 1.807) is 13.2 Å². The third-order valence-corrected chi connectivity index (χ3v) is 6.69. The number of carbonyl (C=O) groups excluding carboxylic acids is 1. The summed E-state index contributed by atoms with van der Waals surface area (Å²) < 4.78 is 12.2. The molecule has 1 aliphatic heterocycles. The lowest BCUT2D eigenvalue weighted by molar-refractivity contribution is -0.181. The van der Waals surface area contributed by atoms with Gasteiger partial charge >= 0.3 is 0 Å². The number of phenolic OH excluding ortho intramolecular Hbond substituents is 1. The van der Waals surface area contributed by atoms with E-state index in [9.17, 15) is 9.90 Å². The minimum Gasteiger partial charge on any atom is -0.504 e. The van der Waals surface area contributed by atoms with Crippen molar-refractivity contribution in [1.82, 2.24) is 5.32 Å². The molecule has 1 saturated carbocycles. The Bertz CT molecular complexity index is 717. The zero-order valence-corrected chi connectivity index (χ0v) is 14.0. The number of likely N-dealkylation sites (N-methyl/N-ethyl adjacent to an activating group) is 1. The number of Topliss-reactive ketones (excluding diaryl/α,β-unsaturated/α-hetero) is 1. The molecule has 2 N–H and O–H groups in total. The Morgan fingerprint density at radius 3 is 2.78 bits per heavy atom. The molecule has 0 aromatic heterocycles. The second-order valence-corrected chi connectivity index (χ2v) is 7.40. The minimum absolute atomic E-state index is 0.0853. The molecule has 1 aromatic carbocycles. The maximum atomic E-state index is 12.6. The summed E-state index contributed by atoms with van der Waals surface area (Å²) in [6, 6.07) is 3.61. The first kappa shape index (κ1) is 15.0. The van der Waals surface area contributed by atoms with Gasteiger partial charge < -0.3 is 19.9 Å². The van der Waals surface area contributed by atoms with Crippen LogP contribution >= 0.6 is 0 Å². The van der Waals surface area contributed by atoms with Crippen LogP contribution in [0.1, 0.15) is 37.8 Å². The number of methoxy groups -OCH3 is 1. The Kier molecular flexibility index (Phi) is 2.78. The lowest BCUT2D eigenvalue weighted by atomic mass is 9.48. The number of ether oxygens (including phenoxy) is 2. The molecule has 0 radical (unpaired) electrons. The van der Waals surface area contributed by atoms with Gasteiger partial charge in [0.15, 0.2) is 23.4 Å². The van der Waals surface area contributed by atoms with Crippen LogP contribution < -0.4 is 10.1 Å². The molecule has 5 nitrogen and oxygen atoms in total. The molecule has 2 unspecified atom stereocenters. The molecule has 0 bridgehead atoms. The van der Waals surface area contributed by atoms with E-state index in [0.29, 0.717) is 18.6 Å². The number of phenols is 1. The molecular formula is C18H23NO4.